The van der Waals surface area contributed by atoms with E-state index >= 15 is 0 Å². The number of hydrogen-bond donors (Lipinski definition) is 0. The Kier molecular flexibility index (Phi) is 2.92. The lowest BCUT2D eigenvalue weighted by atomic mass is 10.0. The molecule has 1 aromatic rings. The predicted octanol–water partition coefficient (Wildman–Crippen LogP) is 4.47. The lowest BCUT2D eigenvalue weighted by molar-refractivity contribution is 0.766. The molecule has 1 rings (SSSR count). The summed E-state index contributed by atoms with van der Waals surface area (Å²) in [7, 11) is 0. The molecule has 0 nitrogen and oxygen atoms in total. The maximum absolute atomic E-state index is 6.08. The third-order valence-electron chi connectivity index (χ3n) is 1.61. The van der Waals surface area contributed by atoms with Crippen molar-refractivity contribution in [2.24, 2.45) is 0 Å². The fourth-order valence-electron chi connectivity index (χ4n) is 0.866. The summed E-state index contributed by atoms with van der Waals surface area (Å²) in [4.78, 5) is -0.395. The number of benzene rings is 1. The van der Waals surface area contributed by atoms with Gasteiger partial charge in [-0.05, 0) is 31.5 Å². The van der Waals surface area contributed by atoms with Crippen LogP contribution in [0.3, 0.4) is 0 Å². The van der Waals surface area contributed by atoms with Gasteiger partial charge in [-0.2, -0.15) is 0 Å². The molecule has 0 aliphatic heterocycles. The van der Waals surface area contributed by atoms with Gasteiger partial charge in [-0.3, -0.25) is 0 Å². The Balaban J connectivity index is 3.14. The Morgan fingerprint density at radius 3 is 2.08 bits per heavy atom. The van der Waals surface area contributed by atoms with Crippen molar-refractivity contribution in [2.45, 2.75) is 18.7 Å². The highest BCUT2D eigenvalue weighted by molar-refractivity contribution is 6.42. The van der Waals surface area contributed by atoms with Crippen LogP contribution in [-0.2, 0) is 4.87 Å². The quantitative estimate of drug-likeness (QED) is 0.616. The number of alkyl halides is 1. The van der Waals surface area contributed by atoms with Gasteiger partial charge in [0.25, 0.3) is 0 Å². The zero-order valence-electron chi connectivity index (χ0n) is 6.87. The lowest BCUT2D eigenvalue weighted by Gasteiger charge is -2.16. The Morgan fingerprint density at radius 1 is 1.08 bits per heavy atom. The van der Waals surface area contributed by atoms with Gasteiger partial charge >= 0.3 is 0 Å². The Bertz CT molecular complexity index is 286. The molecule has 0 fully saturated rings. The molecular weight excluding hydrogens is 214 g/mol. The second kappa shape index (κ2) is 3.45. The summed E-state index contributed by atoms with van der Waals surface area (Å²) >= 11 is 17.7. The van der Waals surface area contributed by atoms with Crippen LogP contribution in [0.15, 0.2) is 18.2 Å². The molecule has 0 atom stereocenters. The molecule has 0 radical (unpaired) electrons. The van der Waals surface area contributed by atoms with Crippen LogP contribution in [0, 0.1) is 0 Å². The van der Waals surface area contributed by atoms with Gasteiger partial charge in [-0.1, -0.05) is 29.3 Å². The lowest BCUT2D eigenvalue weighted by Crippen LogP contribution is -2.06. The highest BCUT2D eigenvalue weighted by Gasteiger charge is 2.16. The monoisotopic (exact) mass is 222 g/mol. The molecular formula is C9H9Cl3. The van der Waals surface area contributed by atoms with Crippen LogP contribution in [0.25, 0.3) is 0 Å². The molecule has 0 aliphatic rings. The molecule has 0 amide bonds. The number of hydrogen-bond acceptors (Lipinski definition) is 0. The highest BCUT2D eigenvalue weighted by atomic mass is 35.5. The summed E-state index contributed by atoms with van der Waals surface area (Å²) in [5.41, 5.74) is 0.971. The highest BCUT2D eigenvalue weighted by Crippen LogP contribution is 2.32. The van der Waals surface area contributed by atoms with E-state index in [1.54, 1.807) is 12.1 Å². The summed E-state index contributed by atoms with van der Waals surface area (Å²) in [6.07, 6.45) is 0. The Labute approximate surface area is 87.4 Å². The van der Waals surface area contributed by atoms with Crippen LogP contribution in [0.2, 0.25) is 10.0 Å². The average Bonchev–Trinajstić information content (AvgIpc) is 1.92. The number of rotatable bonds is 1. The van der Waals surface area contributed by atoms with Gasteiger partial charge in [-0.25, -0.2) is 0 Å². The third-order valence-corrected chi connectivity index (χ3v) is 2.56. The summed E-state index contributed by atoms with van der Waals surface area (Å²) < 4.78 is 0. The Morgan fingerprint density at radius 2 is 1.67 bits per heavy atom. The van der Waals surface area contributed by atoms with E-state index in [0.717, 1.165) is 5.56 Å². The first-order chi connectivity index (χ1) is 5.41. The molecule has 66 valence electrons. The van der Waals surface area contributed by atoms with Gasteiger partial charge in [-0.15, -0.1) is 11.6 Å². The van der Waals surface area contributed by atoms with Crippen molar-refractivity contribution >= 4 is 34.8 Å². The number of halogens is 3. The van der Waals surface area contributed by atoms with E-state index in [1.807, 2.05) is 19.9 Å². The average molecular weight is 224 g/mol. The van der Waals surface area contributed by atoms with Crippen molar-refractivity contribution in [3.05, 3.63) is 33.8 Å². The van der Waals surface area contributed by atoms with Crippen LogP contribution in [0.5, 0.6) is 0 Å². The first kappa shape index (κ1) is 10.2. The first-order valence-electron chi connectivity index (χ1n) is 3.55. The standard InChI is InChI=1S/C9H9Cl3/c1-9(2,12)6-3-4-7(10)8(11)5-6/h3-5H,1-2H3. The molecule has 3 heteroatoms. The van der Waals surface area contributed by atoms with Crippen molar-refractivity contribution in [2.75, 3.05) is 0 Å². The van der Waals surface area contributed by atoms with E-state index in [-0.39, 0.29) is 0 Å². The second-order valence-electron chi connectivity index (χ2n) is 3.10. The summed E-state index contributed by atoms with van der Waals surface area (Å²) in [6.45, 7) is 3.82. The van der Waals surface area contributed by atoms with Crippen molar-refractivity contribution in [1.29, 1.82) is 0 Å². The maximum atomic E-state index is 6.08. The predicted molar refractivity (Wildman–Crippen MR) is 55.3 cm³/mol. The van der Waals surface area contributed by atoms with Crippen LogP contribution in [-0.4, -0.2) is 0 Å². The minimum Gasteiger partial charge on any atom is -0.115 e. The molecule has 0 saturated heterocycles. The van der Waals surface area contributed by atoms with Gasteiger partial charge in [0.2, 0.25) is 0 Å². The van der Waals surface area contributed by atoms with E-state index in [4.69, 9.17) is 34.8 Å². The van der Waals surface area contributed by atoms with E-state index in [0.29, 0.717) is 10.0 Å². The topological polar surface area (TPSA) is 0 Å². The van der Waals surface area contributed by atoms with Crippen LogP contribution < -0.4 is 0 Å². The van der Waals surface area contributed by atoms with E-state index < -0.39 is 4.87 Å². The van der Waals surface area contributed by atoms with E-state index in [2.05, 4.69) is 0 Å². The van der Waals surface area contributed by atoms with Gasteiger partial charge in [0.05, 0.1) is 14.9 Å². The largest absolute Gasteiger partial charge is 0.115 e. The zero-order valence-corrected chi connectivity index (χ0v) is 9.13. The molecule has 0 saturated carbocycles. The summed E-state index contributed by atoms with van der Waals surface area (Å²) in [6, 6.07) is 5.42. The summed E-state index contributed by atoms with van der Waals surface area (Å²) in [5, 5.41) is 1.10. The normalized spacial score (nSPS) is 11.8. The molecule has 0 N–H and O–H groups in total. The zero-order chi connectivity index (χ0) is 9.35. The van der Waals surface area contributed by atoms with Crippen molar-refractivity contribution in [1.82, 2.24) is 0 Å². The Hall–Kier alpha value is 0.0900. The van der Waals surface area contributed by atoms with Gasteiger partial charge in [0.15, 0.2) is 0 Å². The first-order valence-corrected chi connectivity index (χ1v) is 4.69. The van der Waals surface area contributed by atoms with Gasteiger partial charge in [0.1, 0.15) is 0 Å². The van der Waals surface area contributed by atoms with Crippen LogP contribution >= 0.6 is 34.8 Å². The SMILES string of the molecule is CC(C)(Cl)c1ccc(Cl)c(Cl)c1. The van der Waals surface area contributed by atoms with Gasteiger partial charge in [0, 0.05) is 0 Å². The second-order valence-corrected chi connectivity index (χ2v) is 4.86. The summed E-state index contributed by atoms with van der Waals surface area (Å²) in [5.74, 6) is 0. The van der Waals surface area contributed by atoms with Crippen molar-refractivity contribution in [3.63, 3.8) is 0 Å². The molecule has 12 heavy (non-hydrogen) atoms. The fourth-order valence-corrected chi connectivity index (χ4v) is 1.28. The minimum absolute atomic E-state index is 0.395. The molecule has 0 spiro atoms. The maximum Gasteiger partial charge on any atom is 0.0639 e. The van der Waals surface area contributed by atoms with Crippen molar-refractivity contribution < 1.29 is 0 Å². The fraction of sp³-hybridized carbons (Fsp3) is 0.333. The van der Waals surface area contributed by atoms with Crippen LogP contribution in [0.4, 0.5) is 0 Å². The van der Waals surface area contributed by atoms with E-state index in [1.165, 1.54) is 0 Å². The molecule has 0 aliphatic carbocycles. The molecule has 0 bridgehead atoms. The minimum atomic E-state index is -0.395. The molecule has 0 unspecified atom stereocenters. The van der Waals surface area contributed by atoms with Crippen molar-refractivity contribution in [3.8, 4) is 0 Å². The van der Waals surface area contributed by atoms with Gasteiger partial charge < -0.3 is 0 Å². The molecule has 1 aromatic carbocycles. The molecule has 0 heterocycles. The van der Waals surface area contributed by atoms with Crippen LogP contribution in [0.1, 0.15) is 19.4 Å². The van der Waals surface area contributed by atoms with E-state index in [9.17, 15) is 0 Å². The molecule has 0 aromatic heterocycles. The smallest absolute Gasteiger partial charge is 0.0639 e. The third kappa shape index (κ3) is 2.29.